The van der Waals surface area contributed by atoms with Gasteiger partial charge in [0.2, 0.25) is 5.69 Å². The first-order chi connectivity index (χ1) is 6.68. The summed E-state index contributed by atoms with van der Waals surface area (Å²) in [6.07, 6.45) is 3.12. The van der Waals surface area contributed by atoms with Crippen molar-refractivity contribution in [2.75, 3.05) is 19.0 Å². The van der Waals surface area contributed by atoms with Crippen molar-refractivity contribution in [2.24, 2.45) is 0 Å². The lowest BCUT2D eigenvalue weighted by atomic mass is 10.5. The zero-order chi connectivity index (χ0) is 10.9. The van der Waals surface area contributed by atoms with Crippen molar-refractivity contribution in [2.45, 2.75) is 40.0 Å². The largest absolute Gasteiger partial charge is 0.322 e. The van der Waals surface area contributed by atoms with Gasteiger partial charge in [0.05, 0.1) is 13.2 Å². The van der Waals surface area contributed by atoms with Crippen molar-refractivity contribution in [3.8, 4) is 0 Å². The molecule has 0 amide bonds. The molecular weight excluding hydrogens is 235 g/mol. The molecule has 0 atom stereocenters. The lowest BCUT2D eigenvalue weighted by molar-refractivity contribution is 0.260. The summed E-state index contributed by atoms with van der Waals surface area (Å²) in [6.45, 7) is 7.76. The van der Waals surface area contributed by atoms with Crippen molar-refractivity contribution < 1.29 is 9.05 Å². The van der Waals surface area contributed by atoms with E-state index in [0.717, 1.165) is 38.2 Å². The van der Waals surface area contributed by atoms with Crippen LogP contribution >= 0.6 is 17.1 Å². The van der Waals surface area contributed by atoms with Crippen LogP contribution in [-0.4, -0.2) is 19.0 Å². The highest BCUT2D eigenvalue weighted by molar-refractivity contribution is 8.67. The zero-order valence-electron chi connectivity index (χ0n) is 9.32. The Labute approximate surface area is 97.1 Å². The third kappa shape index (κ3) is 7.24. The van der Waals surface area contributed by atoms with Crippen molar-refractivity contribution in [3.63, 3.8) is 0 Å². The average Bonchev–Trinajstić information content (AvgIpc) is 2.21. The normalized spacial score (nSPS) is 11.9. The molecule has 0 rings (SSSR count). The quantitative estimate of drug-likeness (QED) is 0.575. The second-order valence-electron chi connectivity index (χ2n) is 2.95. The Morgan fingerprint density at radius 3 is 1.86 bits per heavy atom. The molecule has 0 bridgehead atoms. The van der Waals surface area contributed by atoms with Crippen LogP contribution in [0.3, 0.4) is 0 Å². The molecule has 0 fully saturated rings. The number of rotatable bonds is 9. The third-order valence-corrected chi connectivity index (χ3v) is 6.98. The highest BCUT2D eigenvalue weighted by Gasteiger charge is 2.18. The molecule has 86 valence electrons. The Balaban J connectivity index is 3.97. The maximum absolute atomic E-state index is 5.65. The smallest absolute Gasteiger partial charge is 0.247 e. The summed E-state index contributed by atoms with van der Waals surface area (Å²) in [4.78, 5) is 0. The average molecular weight is 256 g/mol. The standard InChI is InChI=1S/C9H21O2PS2/c1-4-7-10-12(13,11-8-5-2)14-9-6-3/h4-9H2,1-3H3. The number of hydrogen-bond acceptors (Lipinski definition) is 4. The summed E-state index contributed by atoms with van der Waals surface area (Å²) in [6, 6.07) is 0. The van der Waals surface area contributed by atoms with E-state index in [0.29, 0.717) is 0 Å². The minimum absolute atomic E-state index is 0.720. The summed E-state index contributed by atoms with van der Waals surface area (Å²) in [5.74, 6) is 1.03. The van der Waals surface area contributed by atoms with Gasteiger partial charge in [-0.15, -0.1) is 0 Å². The molecule has 0 aliphatic carbocycles. The van der Waals surface area contributed by atoms with Crippen LogP contribution in [0.25, 0.3) is 0 Å². The Bertz CT molecular complexity index is 148. The van der Waals surface area contributed by atoms with Gasteiger partial charge in [0.15, 0.2) is 0 Å². The predicted molar refractivity (Wildman–Crippen MR) is 69.5 cm³/mol. The molecule has 0 radical (unpaired) electrons. The van der Waals surface area contributed by atoms with E-state index in [2.05, 4.69) is 20.8 Å². The Morgan fingerprint density at radius 2 is 1.50 bits per heavy atom. The van der Waals surface area contributed by atoms with Crippen LogP contribution in [0.4, 0.5) is 0 Å². The van der Waals surface area contributed by atoms with Gasteiger partial charge in [-0.2, -0.15) is 0 Å². The molecule has 0 saturated heterocycles. The van der Waals surface area contributed by atoms with E-state index in [1.807, 2.05) is 0 Å². The molecule has 0 unspecified atom stereocenters. The summed E-state index contributed by atoms with van der Waals surface area (Å²) in [7, 11) is 0. The summed E-state index contributed by atoms with van der Waals surface area (Å²) >= 11 is 7.11. The molecule has 0 aromatic rings. The fourth-order valence-corrected chi connectivity index (χ4v) is 5.39. The monoisotopic (exact) mass is 256 g/mol. The molecule has 14 heavy (non-hydrogen) atoms. The van der Waals surface area contributed by atoms with E-state index in [9.17, 15) is 0 Å². The van der Waals surface area contributed by atoms with Crippen LogP contribution in [0, 0.1) is 0 Å². The SMILES string of the molecule is CCCOP(=S)(OCCC)SCCC. The maximum Gasteiger partial charge on any atom is 0.247 e. The van der Waals surface area contributed by atoms with Crippen LogP contribution in [0.2, 0.25) is 0 Å². The van der Waals surface area contributed by atoms with Crippen LogP contribution < -0.4 is 0 Å². The Morgan fingerprint density at radius 1 is 1.00 bits per heavy atom. The number of hydrogen-bond donors (Lipinski definition) is 0. The van der Waals surface area contributed by atoms with Gasteiger partial charge in [-0.1, -0.05) is 32.2 Å². The fraction of sp³-hybridized carbons (Fsp3) is 1.00. The highest BCUT2D eigenvalue weighted by Crippen LogP contribution is 2.61. The van der Waals surface area contributed by atoms with E-state index < -0.39 is 5.69 Å². The van der Waals surface area contributed by atoms with Gasteiger partial charge >= 0.3 is 0 Å². The second kappa shape index (κ2) is 9.17. The molecule has 0 aromatic heterocycles. The zero-order valence-corrected chi connectivity index (χ0v) is 11.9. The lowest BCUT2D eigenvalue weighted by Crippen LogP contribution is -1.96. The first-order valence-electron chi connectivity index (χ1n) is 5.22. The molecule has 0 N–H and O–H groups in total. The van der Waals surface area contributed by atoms with E-state index in [-0.39, 0.29) is 0 Å². The van der Waals surface area contributed by atoms with Crippen molar-refractivity contribution in [1.82, 2.24) is 0 Å². The van der Waals surface area contributed by atoms with Gasteiger partial charge in [-0.3, -0.25) is 0 Å². The van der Waals surface area contributed by atoms with Crippen molar-refractivity contribution in [3.05, 3.63) is 0 Å². The van der Waals surface area contributed by atoms with Crippen molar-refractivity contribution in [1.29, 1.82) is 0 Å². The Kier molecular flexibility index (Phi) is 9.77. The predicted octanol–water partition coefficient (Wildman–Crippen LogP) is 4.21. The molecule has 0 aromatic carbocycles. The molecule has 0 saturated carbocycles. The van der Waals surface area contributed by atoms with Crippen LogP contribution in [0.1, 0.15) is 40.0 Å². The minimum Gasteiger partial charge on any atom is -0.322 e. The maximum atomic E-state index is 5.65. The second-order valence-corrected chi connectivity index (χ2v) is 9.38. The first kappa shape index (κ1) is 14.9. The van der Waals surface area contributed by atoms with Gasteiger partial charge < -0.3 is 9.05 Å². The summed E-state index contributed by atoms with van der Waals surface area (Å²) in [5.41, 5.74) is -2.02. The van der Waals surface area contributed by atoms with E-state index in [1.54, 1.807) is 11.4 Å². The van der Waals surface area contributed by atoms with Crippen molar-refractivity contribution >= 4 is 28.9 Å². The van der Waals surface area contributed by atoms with Gasteiger partial charge in [0.1, 0.15) is 0 Å². The topological polar surface area (TPSA) is 18.5 Å². The highest BCUT2D eigenvalue weighted by atomic mass is 32.9. The van der Waals surface area contributed by atoms with Gasteiger partial charge in [-0.25, -0.2) is 0 Å². The molecule has 2 nitrogen and oxygen atoms in total. The van der Waals surface area contributed by atoms with Crippen LogP contribution in [-0.2, 0) is 20.9 Å². The molecule has 0 aliphatic rings. The van der Waals surface area contributed by atoms with E-state index >= 15 is 0 Å². The minimum atomic E-state index is -2.02. The third-order valence-electron chi connectivity index (χ3n) is 1.36. The molecule has 5 heteroatoms. The fourth-order valence-electron chi connectivity index (χ4n) is 0.721. The molecule has 0 aliphatic heterocycles. The van der Waals surface area contributed by atoms with Gasteiger partial charge in [0, 0.05) is 5.75 Å². The van der Waals surface area contributed by atoms with Gasteiger partial charge in [0.25, 0.3) is 0 Å². The molecule has 0 spiro atoms. The van der Waals surface area contributed by atoms with E-state index in [1.165, 1.54) is 0 Å². The molecule has 0 heterocycles. The summed E-state index contributed by atoms with van der Waals surface area (Å²) in [5, 5.41) is 0. The Hall–Kier alpha value is 0.920. The van der Waals surface area contributed by atoms with Crippen LogP contribution in [0.5, 0.6) is 0 Å². The van der Waals surface area contributed by atoms with Gasteiger partial charge in [-0.05, 0) is 31.1 Å². The van der Waals surface area contributed by atoms with E-state index in [4.69, 9.17) is 20.9 Å². The first-order valence-corrected chi connectivity index (χ1v) is 9.45. The van der Waals surface area contributed by atoms with Crippen LogP contribution in [0.15, 0.2) is 0 Å². The lowest BCUT2D eigenvalue weighted by Gasteiger charge is -2.20. The molecular formula is C9H21O2PS2. The summed E-state index contributed by atoms with van der Waals surface area (Å²) < 4.78 is 11.3.